The maximum Gasteiger partial charge on any atom is 0.261 e. The maximum atomic E-state index is 13.4. The highest BCUT2D eigenvalue weighted by Gasteiger charge is 2.41. The number of nitrogens with zero attached hydrogens (tertiary/aromatic N) is 2. The van der Waals surface area contributed by atoms with Gasteiger partial charge < -0.3 is 0 Å². The molecule has 2 aliphatic heterocycles. The first-order chi connectivity index (χ1) is 12.1. The molecule has 0 unspecified atom stereocenters. The Balaban J connectivity index is 1.43. The summed E-state index contributed by atoms with van der Waals surface area (Å²) in [6.45, 7) is 2.55. The molecule has 2 aromatic carbocycles. The monoisotopic (exact) mass is 338 g/mol. The van der Waals surface area contributed by atoms with Crippen LogP contribution in [0.25, 0.3) is 0 Å². The number of amides is 2. The molecule has 0 aliphatic carbocycles. The molecule has 128 valence electrons. The zero-order valence-electron chi connectivity index (χ0n) is 13.8. The number of likely N-dealkylation sites (tertiary alicyclic amines) is 1. The molecule has 4 rings (SSSR count). The minimum Gasteiger partial charge on any atom is -0.299 e. The van der Waals surface area contributed by atoms with E-state index in [0.717, 1.165) is 32.5 Å². The predicted octanol–water partition coefficient (Wildman–Crippen LogP) is 3.09. The van der Waals surface area contributed by atoms with Crippen LogP contribution in [0.3, 0.4) is 0 Å². The van der Waals surface area contributed by atoms with Gasteiger partial charge in [-0.1, -0.05) is 30.3 Å². The number of carbonyl (C=O) groups is 2. The van der Waals surface area contributed by atoms with Gasteiger partial charge in [-0.25, -0.2) is 4.39 Å². The average Bonchev–Trinajstić information content (AvgIpc) is 2.87. The van der Waals surface area contributed by atoms with Gasteiger partial charge in [0.25, 0.3) is 11.8 Å². The Kier molecular flexibility index (Phi) is 4.09. The molecular weight excluding hydrogens is 319 g/mol. The van der Waals surface area contributed by atoms with Gasteiger partial charge in [-0.3, -0.25) is 19.4 Å². The number of hydrogen-bond acceptors (Lipinski definition) is 3. The molecule has 0 spiro atoms. The summed E-state index contributed by atoms with van der Waals surface area (Å²) in [4.78, 5) is 28.8. The van der Waals surface area contributed by atoms with Crippen LogP contribution in [0.1, 0.15) is 39.1 Å². The lowest BCUT2D eigenvalue weighted by Gasteiger charge is -2.35. The summed E-state index contributed by atoms with van der Waals surface area (Å²) < 4.78 is 13.4. The standard InChI is InChI=1S/C20H19FN2O2/c21-15-6-7-17-18(12-15)20(25)23(19(17)24)16-8-10-22(11-9-16)13-14-4-2-1-3-5-14/h1-7,12,16H,8-11,13H2. The van der Waals surface area contributed by atoms with Crippen molar-refractivity contribution in [1.82, 2.24) is 9.80 Å². The Bertz CT molecular complexity index is 814. The number of imide groups is 1. The van der Waals surface area contributed by atoms with Crippen LogP contribution in [-0.4, -0.2) is 40.7 Å². The van der Waals surface area contributed by atoms with E-state index in [2.05, 4.69) is 17.0 Å². The Hall–Kier alpha value is -2.53. The molecule has 1 saturated heterocycles. The van der Waals surface area contributed by atoms with E-state index in [1.54, 1.807) is 0 Å². The van der Waals surface area contributed by atoms with Crippen molar-refractivity contribution in [2.45, 2.75) is 25.4 Å². The van der Waals surface area contributed by atoms with E-state index in [1.165, 1.54) is 28.7 Å². The van der Waals surface area contributed by atoms with Crippen LogP contribution in [0.5, 0.6) is 0 Å². The van der Waals surface area contributed by atoms with Crippen LogP contribution in [0.15, 0.2) is 48.5 Å². The highest BCUT2D eigenvalue weighted by atomic mass is 19.1. The topological polar surface area (TPSA) is 40.6 Å². The molecule has 2 amide bonds. The molecule has 2 aliphatic rings. The summed E-state index contributed by atoms with van der Waals surface area (Å²) in [5.74, 6) is -1.14. The minimum atomic E-state index is -0.487. The lowest BCUT2D eigenvalue weighted by molar-refractivity contribution is 0.0497. The SMILES string of the molecule is O=C1c2ccc(F)cc2C(=O)N1C1CCN(Cc2ccccc2)CC1. The molecule has 0 bridgehead atoms. The fourth-order valence-electron chi connectivity index (χ4n) is 3.74. The molecule has 2 aromatic rings. The second-order valence-corrected chi connectivity index (χ2v) is 6.66. The number of halogens is 1. The molecule has 0 aromatic heterocycles. The first-order valence-corrected chi connectivity index (χ1v) is 8.57. The summed E-state index contributed by atoms with van der Waals surface area (Å²) in [5.41, 5.74) is 1.77. The highest BCUT2D eigenvalue weighted by Crippen LogP contribution is 2.29. The molecule has 2 heterocycles. The van der Waals surface area contributed by atoms with Crippen molar-refractivity contribution in [3.63, 3.8) is 0 Å². The second-order valence-electron chi connectivity index (χ2n) is 6.66. The van der Waals surface area contributed by atoms with Crippen molar-refractivity contribution < 1.29 is 14.0 Å². The van der Waals surface area contributed by atoms with Crippen LogP contribution in [-0.2, 0) is 6.54 Å². The van der Waals surface area contributed by atoms with Gasteiger partial charge in [0, 0.05) is 25.7 Å². The van der Waals surface area contributed by atoms with E-state index in [4.69, 9.17) is 0 Å². The average molecular weight is 338 g/mol. The molecular formula is C20H19FN2O2. The number of benzene rings is 2. The minimum absolute atomic E-state index is 0.109. The predicted molar refractivity (Wildman–Crippen MR) is 91.6 cm³/mol. The third-order valence-electron chi connectivity index (χ3n) is 5.05. The Morgan fingerprint density at radius 3 is 2.32 bits per heavy atom. The van der Waals surface area contributed by atoms with Gasteiger partial charge in [0.15, 0.2) is 0 Å². The number of rotatable bonds is 3. The van der Waals surface area contributed by atoms with E-state index in [-0.39, 0.29) is 23.4 Å². The van der Waals surface area contributed by atoms with Crippen LogP contribution >= 0.6 is 0 Å². The van der Waals surface area contributed by atoms with E-state index >= 15 is 0 Å². The summed E-state index contributed by atoms with van der Waals surface area (Å²) in [6.07, 6.45) is 1.50. The van der Waals surface area contributed by atoms with Crippen molar-refractivity contribution in [1.29, 1.82) is 0 Å². The van der Waals surface area contributed by atoms with Crippen molar-refractivity contribution in [3.8, 4) is 0 Å². The Morgan fingerprint density at radius 1 is 0.920 bits per heavy atom. The summed E-state index contributed by atoms with van der Waals surface area (Å²) in [7, 11) is 0. The number of fused-ring (bicyclic) bond motifs is 1. The Morgan fingerprint density at radius 2 is 1.60 bits per heavy atom. The smallest absolute Gasteiger partial charge is 0.261 e. The van der Waals surface area contributed by atoms with Crippen LogP contribution in [0, 0.1) is 5.82 Å². The van der Waals surface area contributed by atoms with Gasteiger partial charge in [0.2, 0.25) is 0 Å². The first kappa shape index (κ1) is 16.0. The van der Waals surface area contributed by atoms with Gasteiger partial charge in [-0.05, 0) is 36.6 Å². The van der Waals surface area contributed by atoms with Crippen molar-refractivity contribution in [2.75, 3.05) is 13.1 Å². The van der Waals surface area contributed by atoms with Crippen molar-refractivity contribution in [2.24, 2.45) is 0 Å². The summed E-state index contributed by atoms with van der Waals surface area (Å²) >= 11 is 0. The van der Waals surface area contributed by atoms with Crippen molar-refractivity contribution in [3.05, 3.63) is 71.0 Å². The van der Waals surface area contributed by atoms with E-state index < -0.39 is 5.82 Å². The molecule has 4 nitrogen and oxygen atoms in total. The van der Waals surface area contributed by atoms with Gasteiger partial charge in [0.1, 0.15) is 5.82 Å². The fourth-order valence-corrected chi connectivity index (χ4v) is 3.74. The largest absolute Gasteiger partial charge is 0.299 e. The molecule has 25 heavy (non-hydrogen) atoms. The van der Waals surface area contributed by atoms with Gasteiger partial charge in [0.05, 0.1) is 11.1 Å². The number of hydrogen-bond donors (Lipinski definition) is 0. The van der Waals surface area contributed by atoms with Crippen LogP contribution < -0.4 is 0 Å². The molecule has 0 N–H and O–H groups in total. The fraction of sp³-hybridized carbons (Fsp3) is 0.300. The van der Waals surface area contributed by atoms with E-state index in [9.17, 15) is 14.0 Å². The summed E-state index contributed by atoms with van der Waals surface area (Å²) in [5, 5.41) is 0. The van der Waals surface area contributed by atoms with E-state index in [0.29, 0.717) is 5.56 Å². The summed E-state index contributed by atoms with van der Waals surface area (Å²) in [6, 6.07) is 14.0. The Labute approximate surface area is 145 Å². The normalized spacial score (nSPS) is 18.7. The zero-order valence-corrected chi connectivity index (χ0v) is 13.8. The van der Waals surface area contributed by atoms with Crippen LogP contribution in [0.4, 0.5) is 4.39 Å². The second kappa shape index (κ2) is 6.41. The molecule has 0 radical (unpaired) electrons. The van der Waals surface area contributed by atoms with Crippen LogP contribution in [0.2, 0.25) is 0 Å². The zero-order chi connectivity index (χ0) is 17.4. The maximum absolute atomic E-state index is 13.4. The molecule has 1 fully saturated rings. The third kappa shape index (κ3) is 2.96. The first-order valence-electron chi connectivity index (χ1n) is 8.57. The molecule has 5 heteroatoms. The third-order valence-corrected chi connectivity index (χ3v) is 5.05. The van der Waals surface area contributed by atoms with Gasteiger partial charge >= 0.3 is 0 Å². The van der Waals surface area contributed by atoms with Gasteiger partial charge in [-0.2, -0.15) is 0 Å². The molecule has 0 atom stereocenters. The quantitative estimate of drug-likeness (QED) is 0.808. The van der Waals surface area contributed by atoms with Crippen molar-refractivity contribution >= 4 is 11.8 Å². The van der Waals surface area contributed by atoms with Gasteiger partial charge in [-0.15, -0.1) is 0 Å². The molecule has 0 saturated carbocycles. The number of piperidine rings is 1. The van der Waals surface area contributed by atoms with E-state index in [1.807, 2.05) is 18.2 Å². The lowest BCUT2D eigenvalue weighted by atomic mass is 10.0. The number of carbonyl (C=O) groups excluding carboxylic acids is 2. The highest BCUT2D eigenvalue weighted by molar-refractivity contribution is 6.21. The lowest BCUT2D eigenvalue weighted by Crippen LogP contribution is -2.47.